The van der Waals surface area contributed by atoms with Gasteiger partial charge in [-0.2, -0.15) is 0 Å². The lowest BCUT2D eigenvalue weighted by Crippen LogP contribution is -2.30. The van der Waals surface area contributed by atoms with Gasteiger partial charge < -0.3 is 14.2 Å². The second-order valence-electron chi connectivity index (χ2n) is 15.8. The molecular weight excluding hydrogens is 757 g/mol. The van der Waals surface area contributed by atoms with E-state index in [2.05, 4.69) is 87.6 Å². The Bertz CT molecular complexity index is 1290. The van der Waals surface area contributed by atoms with E-state index >= 15 is 0 Å². The van der Waals surface area contributed by atoms with E-state index in [0.29, 0.717) is 19.3 Å². The summed E-state index contributed by atoms with van der Waals surface area (Å²) < 4.78 is 16.7. The molecule has 0 N–H and O–H groups in total. The van der Waals surface area contributed by atoms with Gasteiger partial charge >= 0.3 is 17.9 Å². The first kappa shape index (κ1) is 57.1. The Morgan fingerprint density at radius 2 is 0.770 bits per heavy atom. The molecule has 0 saturated heterocycles. The quantitative estimate of drug-likeness (QED) is 0.0200. The number of hydrogen-bond acceptors (Lipinski definition) is 6. The summed E-state index contributed by atoms with van der Waals surface area (Å²) in [6, 6.07) is 0. The van der Waals surface area contributed by atoms with Crippen LogP contribution in [0.4, 0.5) is 0 Å². The molecule has 6 nitrogen and oxygen atoms in total. The summed E-state index contributed by atoms with van der Waals surface area (Å²) in [6.07, 6.45) is 65.1. The molecular formula is C55H88O6. The molecule has 0 aliphatic heterocycles. The molecule has 6 heteroatoms. The van der Waals surface area contributed by atoms with E-state index in [0.717, 1.165) is 109 Å². The molecule has 0 saturated carbocycles. The Kier molecular flexibility index (Phi) is 45.6. The van der Waals surface area contributed by atoms with Crippen molar-refractivity contribution in [2.45, 2.75) is 207 Å². The van der Waals surface area contributed by atoms with Crippen molar-refractivity contribution in [3.05, 3.63) is 109 Å². The van der Waals surface area contributed by atoms with Gasteiger partial charge in [-0.1, -0.05) is 207 Å². The average Bonchev–Trinajstić information content (AvgIpc) is 3.26. The summed E-state index contributed by atoms with van der Waals surface area (Å²) in [5.41, 5.74) is 0. The first-order valence-electron chi connectivity index (χ1n) is 24.5. The Balaban J connectivity index is 4.53. The molecule has 61 heavy (non-hydrogen) atoms. The number of esters is 3. The molecule has 0 aromatic rings. The molecule has 0 spiro atoms. The van der Waals surface area contributed by atoms with Crippen LogP contribution in [0.25, 0.3) is 0 Å². The number of hydrogen-bond donors (Lipinski definition) is 0. The van der Waals surface area contributed by atoms with Crippen LogP contribution in [0.3, 0.4) is 0 Å². The zero-order valence-electron chi connectivity index (χ0n) is 39.1. The Morgan fingerprint density at radius 3 is 1.26 bits per heavy atom. The molecule has 0 heterocycles. The Morgan fingerprint density at radius 1 is 0.361 bits per heavy atom. The van der Waals surface area contributed by atoms with E-state index in [-0.39, 0.29) is 31.6 Å². The van der Waals surface area contributed by atoms with Crippen LogP contribution in [0.2, 0.25) is 0 Å². The van der Waals surface area contributed by atoms with Gasteiger partial charge in [0.2, 0.25) is 0 Å². The van der Waals surface area contributed by atoms with Gasteiger partial charge in [0, 0.05) is 19.3 Å². The highest BCUT2D eigenvalue weighted by atomic mass is 16.6. The van der Waals surface area contributed by atoms with Crippen LogP contribution in [0.1, 0.15) is 201 Å². The largest absolute Gasteiger partial charge is 0.462 e. The molecule has 344 valence electrons. The SMILES string of the molecule is CC/C=C\C/C=C\CCCCCCCC(=O)OCC(COC(=O)CCCCCCC\C=C/C=C\C=C/C=C\C=C/CCC)OC(=O)CC/C=C\C/C=C\CCCCCCCC. The van der Waals surface area contributed by atoms with Crippen molar-refractivity contribution in [2.24, 2.45) is 0 Å². The maximum Gasteiger partial charge on any atom is 0.306 e. The molecule has 0 aromatic heterocycles. The van der Waals surface area contributed by atoms with Gasteiger partial charge in [-0.25, -0.2) is 0 Å². The van der Waals surface area contributed by atoms with Crippen molar-refractivity contribution in [1.82, 2.24) is 0 Å². The molecule has 1 unspecified atom stereocenters. The predicted molar refractivity (Wildman–Crippen MR) is 260 cm³/mol. The van der Waals surface area contributed by atoms with Crippen LogP contribution in [-0.2, 0) is 28.6 Å². The highest BCUT2D eigenvalue weighted by molar-refractivity contribution is 5.71. The number of rotatable bonds is 42. The zero-order chi connectivity index (χ0) is 44.4. The van der Waals surface area contributed by atoms with Crippen LogP contribution >= 0.6 is 0 Å². The minimum absolute atomic E-state index is 0.119. The summed E-state index contributed by atoms with van der Waals surface area (Å²) in [6.45, 7) is 6.32. The van der Waals surface area contributed by atoms with E-state index in [1.54, 1.807) is 0 Å². The van der Waals surface area contributed by atoms with Crippen LogP contribution in [0.15, 0.2) is 109 Å². The first-order chi connectivity index (χ1) is 30.0. The summed E-state index contributed by atoms with van der Waals surface area (Å²) in [4.78, 5) is 37.8. The van der Waals surface area contributed by atoms with Gasteiger partial charge in [0.25, 0.3) is 0 Å². The molecule has 0 aliphatic carbocycles. The van der Waals surface area contributed by atoms with Crippen molar-refractivity contribution in [3.63, 3.8) is 0 Å². The van der Waals surface area contributed by atoms with E-state index in [1.807, 2.05) is 42.5 Å². The van der Waals surface area contributed by atoms with Crippen molar-refractivity contribution in [2.75, 3.05) is 13.2 Å². The number of ether oxygens (including phenoxy) is 3. The second-order valence-corrected chi connectivity index (χ2v) is 15.8. The van der Waals surface area contributed by atoms with E-state index in [9.17, 15) is 14.4 Å². The maximum absolute atomic E-state index is 12.7. The zero-order valence-corrected chi connectivity index (χ0v) is 39.1. The summed E-state index contributed by atoms with van der Waals surface area (Å²) in [7, 11) is 0. The van der Waals surface area contributed by atoms with Gasteiger partial charge in [-0.15, -0.1) is 0 Å². The lowest BCUT2D eigenvalue weighted by molar-refractivity contribution is -0.166. The molecule has 0 amide bonds. The lowest BCUT2D eigenvalue weighted by atomic mass is 10.1. The summed E-state index contributed by atoms with van der Waals surface area (Å²) in [5, 5.41) is 0. The maximum atomic E-state index is 12.7. The fourth-order valence-corrected chi connectivity index (χ4v) is 6.21. The topological polar surface area (TPSA) is 78.9 Å². The normalized spacial score (nSPS) is 13.0. The number of allylic oxidation sites excluding steroid dienone is 18. The molecule has 0 bridgehead atoms. The van der Waals surface area contributed by atoms with Gasteiger partial charge in [0.05, 0.1) is 0 Å². The average molecular weight is 845 g/mol. The van der Waals surface area contributed by atoms with Crippen LogP contribution < -0.4 is 0 Å². The van der Waals surface area contributed by atoms with Crippen molar-refractivity contribution in [1.29, 1.82) is 0 Å². The highest BCUT2D eigenvalue weighted by Gasteiger charge is 2.19. The lowest BCUT2D eigenvalue weighted by Gasteiger charge is -2.18. The number of carbonyl (C=O) groups excluding carboxylic acids is 3. The predicted octanol–water partition coefficient (Wildman–Crippen LogP) is 16.0. The molecule has 0 aliphatic rings. The van der Waals surface area contributed by atoms with Crippen LogP contribution in [0, 0.1) is 0 Å². The molecule has 0 aromatic carbocycles. The fourth-order valence-electron chi connectivity index (χ4n) is 6.21. The van der Waals surface area contributed by atoms with Gasteiger partial charge in [-0.05, 0) is 83.5 Å². The van der Waals surface area contributed by atoms with Gasteiger partial charge in [0.15, 0.2) is 6.10 Å². The van der Waals surface area contributed by atoms with E-state index < -0.39 is 12.1 Å². The van der Waals surface area contributed by atoms with Crippen LogP contribution in [-0.4, -0.2) is 37.2 Å². The number of carbonyl (C=O) groups is 3. The second kappa shape index (κ2) is 48.7. The van der Waals surface area contributed by atoms with Crippen molar-refractivity contribution >= 4 is 17.9 Å². The molecule has 0 radical (unpaired) electrons. The Hall–Kier alpha value is -3.93. The smallest absolute Gasteiger partial charge is 0.306 e. The standard InChI is InChI=1S/C55H88O6/c1-4-7-10-13-16-19-22-25-26-27-28-29-31-33-36-39-42-45-48-54(57)60-51-52(50-59-53(56)47-44-41-38-35-32-24-21-18-15-12-9-6-3)61-55(58)49-46-43-40-37-34-30-23-20-17-14-11-8-5-2/h9-10,12-13,16,18-19,21-22,25-30,34,40,43,52H,4-8,11,14-15,17,20,23-24,31-33,35-39,41-42,44-51H2,1-3H3/b12-9-,13-10-,19-16-,21-18-,25-22-,27-26-,29-28-,34-30-,43-40-. The number of unbranched alkanes of at least 4 members (excludes halogenated alkanes) is 17. The molecule has 0 rings (SSSR count). The third kappa shape index (κ3) is 47.0. The summed E-state index contributed by atoms with van der Waals surface area (Å²) >= 11 is 0. The summed E-state index contributed by atoms with van der Waals surface area (Å²) in [5.74, 6) is -1.04. The van der Waals surface area contributed by atoms with E-state index in [1.165, 1.54) is 44.9 Å². The fraction of sp³-hybridized carbons (Fsp3) is 0.618. The molecule has 0 fully saturated rings. The Labute approximate surface area is 374 Å². The van der Waals surface area contributed by atoms with E-state index in [4.69, 9.17) is 14.2 Å². The third-order valence-corrected chi connectivity index (χ3v) is 9.85. The minimum Gasteiger partial charge on any atom is -0.462 e. The van der Waals surface area contributed by atoms with Crippen molar-refractivity contribution in [3.8, 4) is 0 Å². The van der Waals surface area contributed by atoms with Crippen LogP contribution in [0.5, 0.6) is 0 Å². The highest BCUT2D eigenvalue weighted by Crippen LogP contribution is 2.12. The monoisotopic (exact) mass is 845 g/mol. The van der Waals surface area contributed by atoms with Gasteiger partial charge in [0.1, 0.15) is 13.2 Å². The third-order valence-electron chi connectivity index (χ3n) is 9.85. The van der Waals surface area contributed by atoms with Crippen molar-refractivity contribution < 1.29 is 28.6 Å². The minimum atomic E-state index is -0.826. The van der Waals surface area contributed by atoms with Gasteiger partial charge in [-0.3, -0.25) is 14.4 Å². The molecule has 1 atom stereocenters. The first-order valence-corrected chi connectivity index (χ1v) is 24.5.